The zero-order valence-electron chi connectivity index (χ0n) is 13.7. The smallest absolute Gasteiger partial charge is 0.274 e. The molecule has 2 saturated heterocycles. The van der Waals surface area contributed by atoms with E-state index in [1.807, 2.05) is 17.2 Å². The van der Waals surface area contributed by atoms with Gasteiger partial charge in [0.2, 0.25) is 0 Å². The highest BCUT2D eigenvalue weighted by Gasteiger charge is 2.43. The highest BCUT2D eigenvalue weighted by Crippen LogP contribution is 2.39. The zero-order valence-corrected chi connectivity index (χ0v) is 13.7. The van der Waals surface area contributed by atoms with Crippen LogP contribution in [-0.4, -0.2) is 51.9 Å². The molecule has 0 N–H and O–H groups in total. The standard InChI is InChI=1S/C18H22N4O2/c23-17(16-10-19-5-6-20-16)22-8-4-18(14-22)3-1-7-21(13-18)11-15-2-9-24-12-15/h2,5-6,9-10,12H,1,3-4,7-8,11,13-14H2/t18-/m0/s1. The van der Waals surface area contributed by atoms with Gasteiger partial charge in [0.25, 0.3) is 5.91 Å². The molecule has 2 aromatic rings. The molecule has 6 nitrogen and oxygen atoms in total. The Balaban J connectivity index is 1.42. The largest absolute Gasteiger partial charge is 0.472 e. The van der Waals surface area contributed by atoms with Crippen molar-refractivity contribution in [1.82, 2.24) is 19.8 Å². The van der Waals surface area contributed by atoms with Gasteiger partial charge in [0, 0.05) is 49.6 Å². The van der Waals surface area contributed by atoms with Crippen LogP contribution in [0.25, 0.3) is 0 Å². The van der Waals surface area contributed by atoms with Crippen LogP contribution >= 0.6 is 0 Å². The lowest BCUT2D eigenvalue weighted by atomic mass is 9.79. The van der Waals surface area contributed by atoms with Crippen molar-refractivity contribution in [1.29, 1.82) is 0 Å². The number of carbonyl (C=O) groups is 1. The SMILES string of the molecule is O=C(c1cnccn1)N1CC[C@]2(CCCN(Cc3ccoc3)C2)C1. The van der Waals surface area contributed by atoms with Gasteiger partial charge in [-0.1, -0.05) is 0 Å². The first kappa shape index (κ1) is 15.3. The van der Waals surface area contributed by atoms with E-state index >= 15 is 0 Å². The number of carbonyl (C=O) groups excluding carboxylic acids is 1. The number of aromatic nitrogens is 2. The van der Waals surface area contributed by atoms with Gasteiger partial charge in [-0.15, -0.1) is 0 Å². The van der Waals surface area contributed by atoms with Crippen LogP contribution in [0.5, 0.6) is 0 Å². The average molecular weight is 326 g/mol. The number of hydrogen-bond donors (Lipinski definition) is 0. The molecule has 1 atom stereocenters. The highest BCUT2D eigenvalue weighted by molar-refractivity contribution is 5.92. The van der Waals surface area contributed by atoms with E-state index in [4.69, 9.17) is 4.42 Å². The predicted octanol–water partition coefficient (Wildman–Crippen LogP) is 2.20. The van der Waals surface area contributed by atoms with Gasteiger partial charge in [0.1, 0.15) is 5.69 Å². The summed E-state index contributed by atoms with van der Waals surface area (Å²) in [6.45, 7) is 4.73. The quantitative estimate of drug-likeness (QED) is 0.865. The monoisotopic (exact) mass is 326 g/mol. The number of furan rings is 1. The molecule has 2 aliphatic heterocycles. The van der Waals surface area contributed by atoms with E-state index < -0.39 is 0 Å². The Morgan fingerprint density at radius 3 is 3.00 bits per heavy atom. The first-order chi connectivity index (χ1) is 11.7. The van der Waals surface area contributed by atoms with Gasteiger partial charge in [0.15, 0.2) is 0 Å². The lowest BCUT2D eigenvalue weighted by Gasteiger charge is -2.40. The molecule has 1 spiro atoms. The molecule has 126 valence electrons. The van der Waals surface area contributed by atoms with Crippen molar-refractivity contribution in [3.63, 3.8) is 0 Å². The fraction of sp³-hybridized carbons (Fsp3) is 0.500. The Hall–Kier alpha value is -2.21. The highest BCUT2D eigenvalue weighted by atomic mass is 16.3. The fourth-order valence-electron chi connectivity index (χ4n) is 4.10. The van der Waals surface area contributed by atoms with E-state index in [0.29, 0.717) is 5.69 Å². The third kappa shape index (κ3) is 3.06. The summed E-state index contributed by atoms with van der Waals surface area (Å²) in [4.78, 5) is 25.2. The maximum absolute atomic E-state index is 12.6. The Bertz CT molecular complexity index is 688. The summed E-state index contributed by atoms with van der Waals surface area (Å²) in [5, 5.41) is 0. The Kier molecular flexibility index (Phi) is 4.06. The first-order valence-electron chi connectivity index (χ1n) is 8.53. The van der Waals surface area contributed by atoms with Crippen molar-refractivity contribution < 1.29 is 9.21 Å². The molecule has 2 fully saturated rings. The van der Waals surface area contributed by atoms with Crippen molar-refractivity contribution in [2.45, 2.75) is 25.8 Å². The number of amides is 1. The molecule has 1 amide bonds. The van der Waals surface area contributed by atoms with E-state index in [0.717, 1.165) is 39.1 Å². The summed E-state index contributed by atoms with van der Waals surface area (Å²) < 4.78 is 5.18. The summed E-state index contributed by atoms with van der Waals surface area (Å²) in [7, 11) is 0. The van der Waals surface area contributed by atoms with Crippen LogP contribution in [-0.2, 0) is 6.54 Å². The van der Waals surface area contributed by atoms with Crippen LogP contribution in [0.2, 0.25) is 0 Å². The minimum absolute atomic E-state index is 0.00642. The lowest BCUT2D eigenvalue weighted by Crippen LogP contribution is -2.45. The van der Waals surface area contributed by atoms with Gasteiger partial charge in [-0.2, -0.15) is 0 Å². The molecule has 4 rings (SSSR count). The molecule has 0 saturated carbocycles. The second-order valence-electron chi connectivity index (χ2n) is 7.01. The topological polar surface area (TPSA) is 62.5 Å². The van der Waals surface area contributed by atoms with Crippen molar-refractivity contribution >= 4 is 5.91 Å². The third-order valence-electron chi connectivity index (χ3n) is 5.23. The van der Waals surface area contributed by atoms with E-state index in [-0.39, 0.29) is 11.3 Å². The maximum Gasteiger partial charge on any atom is 0.274 e. The van der Waals surface area contributed by atoms with Crippen molar-refractivity contribution in [2.75, 3.05) is 26.2 Å². The maximum atomic E-state index is 12.6. The number of rotatable bonds is 3. The van der Waals surface area contributed by atoms with Gasteiger partial charge < -0.3 is 9.32 Å². The minimum Gasteiger partial charge on any atom is -0.472 e. The number of piperidine rings is 1. The predicted molar refractivity (Wildman–Crippen MR) is 88.2 cm³/mol. The van der Waals surface area contributed by atoms with Crippen LogP contribution in [0.4, 0.5) is 0 Å². The number of hydrogen-bond acceptors (Lipinski definition) is 5. The van der Waals surface area contributed by atoms with Gasteiger partial charge in [-0.05, 0) is 31.9 Å². The van der Waals surface area contributed by atoms with Crippen LogP contribution < -0.4 is 0 Å². The molecule has 2 aromatic heterocycles. The zero-order chi connectivity index (χ0) is 16.4. The fourth-order valence-corrected chi connectivity index (χ4v) is 4.10. The summed E-state index contributed by atoms with van der Waals surface area (Å²) in [5.74, 6) is 0.00642. The second-order valence-corrected chi connectivity index (χ2v) is 7.01. The summed E-state index contributed by atoms with van der Waals surface area (Å²) >= 11 is 0. The molecule has 24 heavy (non-hydrogen) atoms. The molecule has 4 heterocycles. The second kappa shape index (κ2) is 6.36. The Morgan fingerprint density at radius 1 is 1.25 bits per heavy atom. The molecule has 0 aromatic carbocycles. The summed E-state index contributed by atoms with van der Waals surface area (Å²) in [6, 6.07) is 2.03. The van der Waals surface area contributed by atoms with Gasteiger partial charge in [-0.25, -0.2) is 4.98 Å². The summed E-state index contributed by atoms with van der Waals surface area (Å²) in [5.41, 5.74) is 1.89. The number of nitrogens with zero attached hydrogens (tertiary/aromatic N) is 4. The van der Waals surface area contributed by atoms with Crippen LogP contribution in [0.15, 0.2) is 41.6 Å². The minimum atomic E-state index is 0.00642. The van der Waals surface area contributed by atoms with Gasteiger partial charge in [0.05, 0.1) is 18.7 Å². The van der Waals surface area contributed by atoms with E-state index in [1.54, 1.807) is 24.9 Å². The Morgan fingerprint density at radius 2 is 2.21 bits per heavy atom. The van der Waals surface area contributed by atoms with Crippen molar-refractivity contribution in [3.05, 3.63) is 48.4 Å². The van der Waals surface area contributed by atoms with Crippen LogP contribution in [0.3, 0.4) is 0 Å². The molecule has 6 heteroatoms. The molecule has 2 aliphatic rings. The normalized spacial score (nSPS) is 24.6. The molecular formula is C18H22N4O2. The number of likely N-dealkylation sites (tertiary alicyclic amines) is 2. The molecule has 0 radical (unpaired) electrons. The summed E-state index contributed by atoms with van der Waals surface area (Å²) in [6.07, 6.45) is 11.7. The average Bonchev–Trinajstić information content (AvgIpc) is 3.26. The molecule has 0 unspecified atom stereocenters. The van der Waals surface area contributed by atoms with Crippen LogP contribution in [0.1, 0.15) is 35.3 Å². The van der Waals surface area contributed by atoms with Crippen molar-refractivity contribution in [2.24, 2.45) is 5.41 Å². The first-order valence-corrected chi connectivity index (χ1v) is 8.53. The molecular weight excluding hydrogens is 304 g/mol. The Labute approximate surface area is 141 Å². The van der Waals surface area contributed by atoms with E-state index in [1.165, 1.54) is 18.4 Å². The van der Waals surface area contributed by atoms with Gasteiger partial charge >= 0.3 is 0 Å². The van der Waals surface area contributed by atoms with Crippen molar-refractivity contribution in [3.8, 4) is 0 Å². The van der Waals surface area contributed by atoms with Gasteiger partial charge in [-0.3, -0.25) is 14.7 Å². The van der Waals surface area contributed by atoms with E-state index in [2.05, 4.69) is 14.9 Å². The lowest BCUT2D eigenvalue weighted by molar-refractivity contribution is 0.0670. The molecule has 0 bridgehead atoms. The molecule has 0 aliphatic carbocycles. The van der Waals surface area contributed by atoms with E-state index in [9.17, 15) is 4.79 Å². The third-order valence-corrected chi connectivity index (χ3v) is 5.23. The van der Waals surface area contributed by atoms with Crippen LogP contribution in [0, 0.1) is 5.41 Å².